The molecular weight excluding hydrogens is 180 g/mol. The van der Waals surface area contributed by atoms with Crippen LogP contribution in [0.1, 0.15) is 0 Å². The van der Waals surface area contributed by atoms with E-state index in [1.54, 1.807) is 0 Å². The molecule has 2 aromatic rings. The van der Waals surface area contributed by atoms with Gasteiger partial charge in [-0.25, -0.2) is 0 Å². The summed E-state index contributed by atoms with van der Waals surface area (Å²) in [5, 5.41) is 0. The highest BCUT2D eigenvalue weighted by Crippen LogP contribution is 2.35. The van der Waals surface area contributed by atoms with Gasteiger partial charge in [-0.15, -0.1) is 0 Å². The van der Waals surface area contributed by atoms with Crippen LogP contribution in [0.25, 0.3) is 11.0 Å². The smallest absolute Gasteiger partial charge is 0.116 e. The minimum Gasteiger partial charge on any atom is -0.395 e. The lowest BCUT2D eigenvalue weighted by Gasteiger charge is -2.10. The van der Waals surface area contributed by atoms with E-state index in [9.17, 15) is 0 Å². The minimum atomic E-state index is 0.260. The van der Waals surface area contributed by atoms with Crippen molar-refractivity contribution in [1.82, 2.24) is 9.97 Å². The van der Waals surface area contributed by atoms with Gasteiger partial charge in [0, 0.05) is 12.4 Å². The quantitative estimate of drug-likeness (QED) is 0.431. The molecule has 0 aliphatic heterocycles. The summed E-state index contributed by atoms with van der Waals surface area (Å²) < 4.78 is 0. The number of aromatic nitrogens is 2. The summed E-state index contributed by atoms with van der Waals surface area (Å²) in [6, 6.07) is 0. The van der Waals surface area contributed by atoms with Crippen molar-refractivity contribution >= 4 is 33.8 Å². The van der Waals surface area contributed by atoms with Crippen molar-refractivity contribution in [1.29, 1.82) is 0 Å². The summed E-state index contributed by atoms with van der Waals surface area (Å²) in [6.45, 7) is 0. The van der Waals surface area contributed by atoms with Crippen molar-refractivity contribution in [2.75, 3.05) is 22.9 Å². The maximum absolute atomic E-state index is 5.72. The van der Waals surface area contributed by atoms with E-state index in [2.05, 4.69) is 9.97 Å². The Morgan fingerprint density at radius 3 is 1.36 bits per heavy atom. The van der Waals surface area contributed by atoms with Gasteiger partial charge in [0.1, 0.15) is 11.0 Å². The van der Waals surface area contributed by atoms with Crippen LogP contribution in [0.3, 0.4) is 0 Å². The van der Waals surface area contributed by atoms with Crippen LogP contribution in [0.2, 0.25) is 0 Å². The van der Waals surface area contributed by atoms with Gasteiger partial charge in [-0.1, -0.05) is 0 Å². The number of hydrogen-bond donors (Lipinski definition) is 4. The fraction of sp³-hybridized carbons (Fsp3) is 0. The number of anilines is 4. The number of benzene rings is 1. The van der Waals surface area contributed by atoms with Gasteiger partial charge in [0.05, 0.1) is 22.7 Å². The highest BCUT2D eigenvalue weighted by atomic mass is 14.9. The molecule has 0 atom stereocenters. The second-order valence-corrected chi connectivity index (χ2v) is 2.91. The van der Waals surface area contributed by atoms with Crippen molar-refractivity contribution in [2.45, 2.75) is 0 Å². The lowest BCUT2D eigenvalue weighted by molar-refractivity contribution is 1.30. The monoisotopic (exact) mass is 190 g/mol. The number of nitrogens with two attached hydrogens (primary N) is 4. The van der Waals surface area contributed by atoms with Crippen molar-refractivity contribution in [3.8, 4) is 0 Å². The Bertz CT molecular complexity index is 460. The van der Waals surface area contributed by atoms with Crippen LogP contribution in [0.15, 0.2) is 12.4 Å². The Morgan fingerprint density at radius 1 is 0.643 bits per heavy atom. The molecule has 0 saturated heterocycles. The maximum Gasteiger partial charge on any atom is 0.116 e. The average molecular weight is 190 g/mol. The number of fused-ring (bicyclic) bond motifs is 1. The number of hydrogen-bond acceptors (Lipinski definition) is 6. The third-order valence-electron chi connectivity index (χ3n) is 2.08. The Hall–Kier alpha value is -2.24. The van der Waals surface area contributed by atoms with Gasteiger partial charge in [-0.3, -0.25) is 9.97 Å². The fourth-order valence-corrected chi connectivity index (χ4v) is 1.28. The van der Waals surface area contributed by atoms with E-state index in [4.69, 9.17) is 22.9 Å². The number of nitrogens with zero attached hydrogens (tertiary/aromatic N) is 2. The normalized spacial score (nSPS) is 10.6. The van der Waals surface area contributed by atoms with Crippen molar-refractivity contribution in [2.24, 2.45) is 0 Å². The molecule has 1 aromatic carbocycles. The molecule has 0 fully saturated rings. The first-order chi connectivity index (χ1) is 6.63. The van der Waals surface area contributed by atoms with Crippen LogP contribution < -0.4 is 22.9 Å². The number of nitrogen functional groups attached to an aromatic ring is 4. The van der Waals surface area contributed by atoms with E-state index in [0.29, 0.717) is 22.4 Å². The van der Waals surface area contributed by atoms with Crippen LogP contribution in [0, 0.1) is 0 Å². The molecule has 0 saturated carbocycles. The standard InChI is InChI=1S/C8H10N6/c9-3-4(10)6(12)8-7(5(3)11)13-1-2-14-8/h1-2H,9-12H2. The van der Waals surface area contributed by atoms with E-state index in [-0.39, 0.29) is 11.4 Å². The molecule has 0 radical (unpaired) electrons. The molecule has 72 valence electrons. The molecule has 0 bridgehead atoms. The third kappa shape index (κ3) is 0.905. The molecule has 0 unspecified atom stereocenters. The zero-order valence-corrected chi connectivity index (χ0v) is 7.36. The van der Waals surface area contributed by atoms with Gasteiger partial charge >= 0.3 is 0 Å². The first-order valence-corrected chi connectivity index (χ1v) is 3.95. The predicted octanol–water partition coefficient (Wildman–Crippen LogP) is -0.0414. The van der Waals surface area contributed by atoms with Crippen LogP contribution in [-0.4, -0.2) is 9.97 Å². The Kier molecular flexibility index (Phi) is 1.57. The zero-order chi connectivity index (χ0) is 10.3. The van der Waals surface area contributed by atoms with Gasteiger partial charge in [-0.2, -0.15) is 0 Å². The van der Waals surface area contributed by atoms with Gasteiger partial charge in [0.25, 0.3) is 0 Å². The molecule has 0 spiro atoms. The molecule has 8 N–H and O–H groups in total. The van der Waals surface area contributed by atoms with Gasteiger partial charge in [-0.05, 0) is 0 Å². The summed E-state index contributed by atoms with van der Waals surface area (Å²) in [7, 11) is 0. The van der Waals surface area contributed by atoms with E-state index in [1.807, 2.05) is 0 Å². The first-order valence-electron chi connectivity index (χ1n) is 3.95. The maximum atomic E-state index is 5.72. The molecule has 0 aliphatic rings. The predicted molar refractivity (Wildman–Crippen MR) is 57.2 cm³/mol. The van der Waals surface area contributed by atoms with Crippen LogP contribution >= 0.6 is 0 Å². The molecule has 1 heterocycles. The minimum absolute atomic E-state index is 0.260. The summed E-state index contributed by atoms with van der Waals surface area (Å²) in [6.07, 6.45) is 3.04. The Labute approximate surface area is 79.9 Å². The Balaban J connectivity index is 3.02. The highest BCUT2D eigenvalue weighted by Gasteiger charge is 2.12. The van der Waals surface area contributed by atoms with E-state index in [1.165, 1.54) is 12.4 Å². The topological polar surface area (TPSA) is 130 Å². The highest BCUT2D eigenvalue weighted by molar-refractivity contribution is 6.07. The third-order valence-corrected chi connectivity index (χ3v) is 2.08. The lowest BCUT2D eigenvalue weighted by atomic mass is 10.1. The molecule has 6 nitrogen and oxygen atoms in total. The van der Waals surface area contributed by atoms with Gasteiger partial charge < -0.3 is 22.9 Å². The number of rotatable bonds is 0. The largest absolute Gasteiger partial charge is 0.395 e. The van der Waals surface area contributed by atoms with E-state index < -0.39 is 0 Å². The summed E-state index contributed by atoms with van der Waals surface area (Å²) in [4.78, 5) is 8.08. The molecule has 1 aromatic heterocycles. The van der Waals surface area contributed by atoms with Crippen LogP contribution in [0.5, 0.6) is 0 Å². The molecule has 0 aliphatic carbocycles. The van der Waals surface area contributed by atoms with Crippen molar-refractivity contribution in [3.63, 3.8) is 0 Å². The first kappa shape index (κ1) is 8.36. The summed E-state index contributed by atoms with van der Waals surface area (Å²) >= 11 is 0. The molecule has 14 heavy (non-hydrogen) atoms. The zero-order valence-electron chi connectivity index (χ0n) is 7.36. The van der Waals surface area contributed by atoms with E-state index >= 15 is 0 Å². The molecule has 0 amide bonds. The summed E-state index contributed by atoms with van der Waals surface area (Å²) in [5.41, 5.74) is 24.9. The van der Waals surface area contributed by atoms with E-state index in [0.717, 1.165) is 0 Å². The van der Waals surface area contributed by atoms with Crippen molar-refractivity contribution < 1.29 is 0 Å². The van der Waals surface area contributed by atoms with Crippen molar-refractivity contribution in [3.05, 3.63) is 12.4 Å². The SMILES string of the molecule is Nc1c(N)c(N)c2nccnc2c1N. The molecular formula is C8H10N6. The second-order valence-electron chi connectivity index (χ2n) is 2.91. The fourth-order valence-electron chi connectivity index (χ4n) is 1.28. The lowest BCUT2D eigenvalue weighted by Crippen LogP contribution is -2.06. The Morgan fingerprint density at radius 2 is 1.00 bits per heavy atom. The second kappa shape index (κ2) is 2.63. The van der Waals surface area contributed by atoms with Crippen LogP contribution in [-0.2, 0) is 0 Å². The van der Waals surface area contributed by atoms with Gasteiger partial charge in [0.15, 0.2) is 0 Å². The van der Waals surface area contributed by atoms with Crippen LogP contribution in [0.4, 0.5) is 22.7 Å². The van der Waals surface area contributed by atoms with Gasteiger partial charge in [0.2, 0.25) is 0 Å². The average Bonchev–Trinajstić information content (AvgIpc) is 2.23. The molecule has 6 heteroatoms. The molecule has 2 rings (SSSR count). The summed E-state index contributed by atoms with van der Waals surface area (Å²) in [5.74, 6) is 0.